The van der Waals surface area contributed by atoms with Crippen LogP contribution in [0.25, 0.3) is 0 Å². The molecule has 8 unspecified atom stereocenters. The van der Waals surface area contributed by atoms with Crippen molar-refractivity contribution in [2.45, 2.75) is 95.2 Å². The number of benzene rings is 1. The van der Waals surface area contributed by atoms with Crippen LogP contribution in [0.2, 0.25) is 0 Å². The van der Waals surface area contributed by atoms with Crippen molar-refractivity contribution in [2.24, 2.45) is 16.7 Å². The summed E-state index contributed by atoms with van der Waals surface area (Å²) in [5.41, 5.74) is -3.95. The monoisotopic (exact) mass is 570 g/mol. The van der Waals surface area contributed by atoms with Crippen LogP contribution in [-0.4, -0.2) is 72.7 Å². The van der Waals surface area contributed by atoms with E-state index in [2.05, 4.69) is 6.92 Å². The van der Waals surface area contributed by atoms with Gasteiger partial charge in [0.05, 0.1) is 29.6 Å². The zero-order chi connectivity index (χ0) is 29.3. The van der Waals surface area contributed by atoms with Gasteiger partial charge in [-0.2, -0.15) is 0 Å². The molecular weight excluding hydrogens is 532 g/mol. The summed E-state index contributed by atoms with van der Waals surface area (Å²) in [4.78, 5) is 50.7. The van der Waals surface area contributed by atoms with Crippen molar-refractivity contribution in [3.8, 4) is 0 Å². The normalized spacial score (nSPS) is 42.5. The number of epoxide rings is 1. The SMILES string of the molecule is CC(=O)OCC12C(OC(=O)c3ccccc3)CC3(C)OC4(COC(=O)C4)CC(OC(C)=O)C3(C)C1CCCC21CO1. The molecular formula is C31H38O10. The number of carbonyl (C=O) groups is 4. The van der Waals surface area contributed by atoms with Crippen molar-refractivity contribution in [2.75, 3.05) is 19.8 Å². The second-order valence-electron chi connectivity index (χ2n) is 13.0. The molecule has 3 aliphatic heterocycles. The maximum absolute atomic E-state index is 13.6. The first-order chi connectivity index (χ1) is 19.4. The van der Waals surface area contributed by atoms with Crippen LogP contribution in [0.1, 0.15) is 76.6 Å². The Morgan fingerprint density at radius 2 is 1.71 bits per heavy atom. The summed E-state index contributed by atoms with van der Waals surface area (Å²) in [5.74, 6) is -2.02. The molecule has 222 valence electrons. The third-order valence-electron chi connectivity index (χ3n) is 10.8. The number of esters is 4. The first-order valence-electron chi connectivity index (χ1n) is 14.5. The highest BCUT2D eigenvalue weighted by atomic mass is 16.6. The van der Waals surface area contributed by atoms with E-state index in [1.54, 1.807) is 24.3 Å². The van der Waals surface area contributed by atoms with Gasteiger partial charge in [-0.1, -0.05) is 31.5 Å². The van der Waals surface area contributed by atoms with Crippen LogP contribution in [-0.2, 0) is 42.8 Å². The molecule has 0 amide bonds. The minimum atomic E-state index is -1.00. The molecule has 10 nitrogen and oxygen atoms in total. The molecule has 1 aromatic rings. The van der Waals surface area contributed by atoms with E-state index in [-0.39, 0.29) is 44.4 Å². The lowest BCUT2D eigenvalue weighted by molar-refractivity contribution is -0.349. The summed E-state index contributed by atoms with van der Waals surface area (Å²) in [6, 6.07) is 8.76. The molecule has 0 bridgehead atoms. The third kappa shape index (κ3) is 4.20. The summed E-state index contributed by atoms with van der Waals surface area (Å²) in [6.07, 6.45) is 1.41. The highest BCUT2D eigenvalue weighted by Crippen LogP contribution is 2.72. The molecule has 3 heterocycles. The number of hydrogen-bond acceptors (Lipinski definition) is 10. The Bertz CT molecular complexity index is 1260. The minimum Gasteiger partial charge on any atom is -0.465 e. The fourth-order valence-electron chi connectivity index (χ4n) is 8.77. The number of carbonyl (C=O) groups excluding carboxylic acids is 4. The van der Waals surface area contributed by atoms with Gasteiger partial charge in [0.25, 0.3) is 0 Å². The van der Waals surface area contributed by atoms with Crippen LogP contribution in [0.3, 0.4) is 0 Å². The van der Waals surface area contributed by atoms with Crippen LogP contribution in [0.15, 0.2) is 30.3 Å². The Kier molecular flexibility index (Phi) is 6.54. The Morgan fingerprint density at radius 3 is 2.32 bits per heavy atom. The molecule has 1 aromatic carbocycles. The van der Waals surface area contributed by atoms with Crippen molar-refractivity contribution in [1.82, 2.24) is 0 Å². The lowest BCUT2D eigenvalue weighted by Gasteiger charge is -2.70. The maximum atomic E-state index is 13.6. The van der Waals surface area contributed by atoms with Crippen LogP contribution in [0, 0.1) is 16.7 Å². The van der Waals surface area contributed by atoms with E-state index < -0.39 is 57.7 Å². The topological polar surface area (TPSA) is 127 Å². The number of cyclic esters (lactones) is 1. The second kappa shape index (κ2) is 9.52. The third-order valence-corrected chi connectivity index (χ3v) is 10.8. The van der Waals surface area contributed by atoms with Crippen molar-refractivity contribution in [3.05, 3.63) is 35.9 Å². The van der Waals surface area contributed by atoms with Gasteiger partial charge in [0.15, 0.2) is 0 Å². The van der Waals surface area contributed by atoms with E-state index in [9.17, 15) is 19.2 Å². The average Bonchev–Trinajstić information content (AvgIpc) is 3.60. The maximum Gasteiger partial charge on any atom is 0.338 e. The van der Waals surface area contributed by atoms with E-state index >= 15 is 0 Å². The average molecular weight is 571 g/mol. The molecule has 0 radical (unpaired) electrons. The van der Waals surface area contributed by atoms with Gasteiger partial charge in [-0.3, -0.25) is 14.4 Å². The lowest BCUT2D eigenvalue weighted by atomic mass is 9.40. The van der Waals surface area contributed by atoms with Crippen molar-refractivity contribution >= 4 is 23.9 Å². The molecule has 0 aromatic heterocycles. The molecule has 10 heteroatoms. The first kappa shape index (κ1) is 28.2. The zero-order valence-corrected chi connectivity index (χ0v) is 24.1. The predicted molar refractivity (Wildman–Crippen MR) is 141 cm³/mol. The molecule has 2 saturated carbocycles. The summed E-state index contributed by atoms with van der Waals surface area (Å²) in [5, 5.41) is 0. The van der Waals surface area contributed by atoms with E-state index in [4.69, 9.17) is 28.4 Å². The van der Waals surface area contributed by atoms with Crippen molar-refractivity contribution in [1.29, 1.82) is 0 Å². The molecule has 41 heavy (non-hydrogen) atoms. The fraction of sp³-hybridized carbons (Fsp3) is 0.677. The largest absolute Gasteiger partial charge is 0.465 e. The number of rotatable bonds is 5. The van der Waals surface area contributed by atoms with Gasteiger partial charge in [-0.15, -0.1) is 0 Å². The van der Waals surface area contributed by atoms with Gasteiger partial charge in [-0.05, 0) is 37.8 Å². The molecule has 0 N–H and O–H groups in total. The van der Waals surface area contributed by atoms with Gasteiger partial charge < -0.3 is 28.4 Å². The van der Waals surface area contributed by atoms with Gasteiger partial charge in [0, 0.05) is 32.1 Å². The zero-order valence-electron chi connectivity index (χ0n) is 24.1. The molecule has 6 rings (SSSR count). The molecule has 5 aliphatic rings. The van der Waals surface area contributed by atoms with E-state index in [1.165, 1.54) is 13.8 Å². The number of hydrogen-bond donors (Lipinski definition) is 0. The Morgan fingerprint density at radius 1 is 0.976 bits per heavy atom. The molecule has 3 saturated heterocycles. The number of ether oxygens (including phenoxy) is 6. The lowest BCUT2D eigenvalue weighted by Crippen LogP contribution is -2.78. The smallest absolute Gasteiger partial charge is 0.338 e. The quantitative estimate of drug-likeness (QED) is 0.295. The summed E-state index contributed by atoms with van der Waals surface area (Å²) in [6.45, 7) is 7.26. The summed E-state index contributed by atoms with van der Waals surface area (Å²) < 4.78 is 36.9. The minimum absolute atomic E-state index is 0.00899. The highest BCUT2D eigenvalue weighted by Gasteiger charge is 2.81. The standard InChI is InChI=1S/C31H38O10/c1-19(32)36-18-31-22(11-8-12-30(31)17-38-30)28(4)23(39-20(2)33)14-29(15-25(34)37-16-29)41-27(28,3)13-24(31)40-26(35)21-9-6-5-7-10-21/h5-7,9-10,22-24H,8,11-18H2,1-4H3. The van der Waals surface area contributed by atoms with E-state index in [0.717, 1.165) is 12.8 Å². The van der Waals surface area contributed by atoms with Crippen molar-refractivity contribution in [3.63, 3.8) is 0 Å². The molecule has 8 atom stereocenters. The Labute approximate surface area is 239 Å². The van der Waals surface area contributed by atoms with Crippen molar-refractivity contribution < 1.29 is 47.6 Å². The van der Waals surface area contributed by atoms with Crippen LogP contribution >= 0.6 is 0 Å². The van der Waals surface area contributed by atoms with Crippen LogP contribution in [0.4, 0.5) is 0 Å². The van der Waals surface area contributed by atoms with E-state index in [1.807, 2.05) is 13.0 Å². The van der Waals surface area contributed by atoms with Gasteiger partial charge >= 0.3 is 23.9 Å². The van der Waals surface area contributed by atoms with Crippen LogP contribution in [0.5, 0.6) is 0 Å². The summed E-state index contributed by atoms with van der Waals surface area (Å²) in [7, 11) is 0. The van der Waals surface area contributed by atoms with Gasteiger partial charge in [0.1, 0.15) is 36.6 Å². The number of fused-ring (bicyclic) bond motifs is 4. The van der Waals surface area contributed by atoms with Gasteiger partial charge in [-0.25, -0.2) is 4.79 Å². The van der Waals surface area contributed by atoms with Gasteiger partial charge in [0.2, 0.25) is 0 Å². The fourth-order valence-corrected chi connectivity index (χ4v) is 8.77. The highest BCUT2D eigenvalue weighted by molar-refractivity contribution is 5.89. The van der Waals surface area contributed by atoms with E-state index in [0.29, 0.717) is 18.6 Å². The predicted octanol–water partition coefficient (Wildman–Crippen LogP) is 3.54. The first-order valence-corrected chi connectivity index (χ1v) is 14.5. The van der Waals surface area contributed by atoms with Crippen LogP contribution < -0.4 is 0 Å². The molecule has 2 aliphatic carbocycles. The molecule has 5 fully saturated rings. The Hall–Kier alpha value is -2.98. The molecule has 2 spiro atoms. The Balaban J connectivity index is 1.50. The second-order valence-corrected chi connectivity index (χ2v) is 13.0. The summed E-state index contributed by atoms with van der Waals surface area (Å²) >= 11 is 0.